The second-order valence-corrected chi connectivity index (χ2v) is 5.66. The van der Waals surface area contributed by atoms with Crippen molar-refractivity contribution in [3.8, 4) is 0 Å². The van der Waals surface area contributed by atoms with Crippen molar-refractivity contribution in [1.82, 2.24) is 9.71 Å². The van der Waals surface area contributed by atoms with Gasteiger partial charge in [0.1, 0.15) is 6.61 Å². The van der Waals surface area contributed by atoms with Crippen LogP contribution in [0, 0.1) is 0 Å². The maximum atomic E-state index is 11.6. The highest BCUT2D eigenvalue weighted by atomic mass is 32.2. The number of sulfonamides is 1. The number of aryl methyl sites for hydroxylation is 1. The van der Waals surface area contributed by atoms with Gasteiger partial charge in [-0.1, -0.05) is 6.07 Å². The SMILES string of the molecule is O=C(O)COCCNS(=O)(=O)CCc1ccccn1. The van der Waals surface area contributed by atoms with Gasteiger partial charge in [-0.2, -0.15) is 0 Å². The normalized spacial score (nSPS) is 11.4. The summed E-state index contributed by atoms with van der Waals surface area (Å²) in [7, 11) is -3.40. The van der Waals surface area contributed by atoms with Crippen molar-refractivity contribution in [2.45, 2.75) is 6.42 Å². The largest absolute Gasteiger partial charge is 0.480 e. The Balaban J connectivity index is 2.23. The van der Waals surface area contributed by atoms with Crippen molar-refractivity contribution < 1.29 is 23.1 Å². The van der Waals surface area contributed by atoms with Crippen molar-refractivity contribution in [1.29, 1.82) is 0 Å². The Hall–Kier alpha value is -1.51. The summed E-state index contributed by atoms with van der Waals surface area (Å²) in [5, 5.41) is 8.31. The van der Waals surface area contributed by atoms with E-state index in [9.17, 15) is 13.2 Å². The van der Waals surface area contributed by atoms with Gasteiger partial charge in [-0.25, -0.2) is 17.9 Å². The van der Waals surface area contributed by atoms with Gasteiger partial charge in [0.15, 0.2) is 0 Å². The van der Waals surface area contributed by atoms with Crippen LogP contribution in [0.4, 0.5) is 0 Å². The Labute approximate surface area is 111 Å². The first-order chi connectivity index (χ1) is 8.99. The lowest BCUT2D eigenvalue weighted by Crippen LogP contribution is -2.30. The highest BCUT2D eigenvalue weighted by Gasteiger charge is 2.10. The number of aliphatic carboxylic acids is 1. The zero-order valence-electron chi connectivity index (χ0n) is 10.3. The van der Waals surface area contributed by atoms with Gasteiger partial charge >= 0.3 is 5.97 Å². The van der Waals surface area contributed by atoms with Crippen LogP contribution in [0.5, 0.6) is 0 Å². The van der Waals surface area contributed by atoms with E-state index in [1.165, 1.54) is 0 Å². The monoisotopic (exact) mass is 288 g/mol. The predicted octanol–water partition coefficient (Wildman–Crippen LogP) is -0.355. The van der Waals surface area contributed by atoms with Crippen LogP contribution in [0.15, 0.2) is 24.4 Å². The molecule has 1 heterocycles. The number of hydrogen-bond acceptors (Lipinski definition) is 5. The van der Waals surface area contributed by atoms with E-state index in [0.29, 0.717) is 12.1 Å². The number of pyridine rings is 1. The van der Waals surface area contributed by atoms with Gasteiger partial charge < -0.3 is 9.84 Å². The molecule has 0 aliphatic heterocycles. The molecule has 0 bridgehead atoms. The molecule has 0 atom stereocenters. The van der Waals surface area contributed by atoms with Gasteiger partial charge in [0, 0.05) is 24.9 Å². The van der Waals surface area contributed by atoms with Crippen LogP contribution < -0.4 is 4.72 Å². The smallest absolute Gasteiger partial charge is 0.329 e. The number of nitrogens with zero attached hydrogens (tertiary/aromatic N) is 1. The van der Waals surface area contributed by atoms with Crippen LogP contribution in [0.3, 0.4) is 0 Å². The average molecular weight is 288 g/mol. The molecule has 7 nitrogen and oxygen atoms in total. The van der Waals surface area contributed by atoms with E-state index in [-0.39, 0.29) is 18.9 Å². The lowest BCUT2D eigenvalue weighted by atomic mass is 10.3. The molecule has 0 radical (unpaired) electrons. The van der Waals surface area contributed by atoms with Crippen LogP contribution in [0.1, 0.15) is 5.69 Å². The third kappa shape index (κ3) is 7.50. The number of aromatic nitrogens is 1. The van der Waals surface area contributed by atoms with Gasteiger partial charge in [-0.15, -0.1) is 0 Å². The number of carboxylic acid groups (broad SMARTS) is 1. The summed E-state index contributed by atoms with van der Waals surface area (Å²) in [6, 6.07) is 5.31. The average Bonchev–Trinajstić information content (AvgIpc) is 2.37. The predicted molar refractivity (Wildman–Crippen MR) is 68.2 cm³/mol. The molecule has 19 heavy (non-hydrogen) atoms. The molecule has 0 aliphatic carbocycles. The van der Waals surface area contributed by atoms with Crippen LogP contribution >= 0.6 is 0 Å². The highest BCUT2D eigenvalue weighted by molar-refractivity contribution is 7.89. The number of hydrogen-bond donors (Lipinski definition) is 2. The fraction of sp³-hybridized carbons (Fsp3) is 0.455. The van der Waals surface area contributed by atoms with Crippen molar-refractivity contribution in [3.05, 3.63) is 30.1 Å². The standard InChI is InChI=1S/C11H16N2O5S/c14-11(15)9-18-7-6-13-19(16,17)8-4-10-3-1-2-5-12-10/h1-3,5,13H,4,6-9H2,(H,14,15). The Morgan fingerprint density at radius 2 is 2.21 bits per heavy atom. The van der Waals surface area contributed by atoms with Crippen molar-refractivity contribution in [2.75, 3.05) is 25.5 Å². The first kappa shape index (κ1) is 15.5. The third-order valence-corrected chi connectivity index (χ3v) is 3.53. The number of carboxylic acids is 1. The zero-order valence-corrected chi connectivity index (χ0v) is 11.1. The minimum Gasteiger partial charge on any atom is -0.480 e. The van der Waals surface area contributed by atoms with Crippen molar-refractivity contribution >= 4 is 16.0 Å². The maximum absolute atomic E-state index is 11.6. The van der Waals surface area contributed by atoms with Crippen LogP contribution in [0.2, 0.25) is 0 Å². The van der Waals surface area contributed by atoms with Crippen LogP contribution in [-0.4, -0.2) is 50.0 Å². The minimum absolute atomic E-state index is 0.0229. The van der Waals surface area contributed by atoms with E-state index < -0.39 is 22.6 Å². The lowest BCUT2D eigenvalue weighted by Gasteiger charge is -2.06. The van der Waals surface area contributed by atoms with Gasteiger partial charge in [0.2, 0.25) is 10.0 Å². The second kappa shape index (κ2) is 7.82. The van der Waals surface area contributed by atoms with E-state index in [1.807, 2.05) is 0 Å². The topological polar surface area (TPSA) is 106 Å². The summed E-state index contributed by atoms with van der Waals surface area (Å²) < 4.78 is 30.2. The van der Waals surface area contributed by atoms with Gasteiger partial charge in [-0.3, -0.25) is 4.98 Å². The molecule has 0 aromatic carbocycles. The summed E-state index contributed by atoms with van der Waals surface area (Å²) in [6.45, 7) is -0.359. The lowest BCUT2D eigenvalue weighted by molar-refractivity contribution is -0.142. The Kier molecular flexibility index (Phi) is 6.40. The number of nitrogens with one attached hydrogen (secondary N) is 1. The van der Waals surface area contributed by atoms with Gasteiger partial charge in [0.05, 0.1) is 12.4 Å². The van der Waals surface area contributed by atoms with Crippen molar-refractivity contribution in [2.24, 2.45) is 0 Å². The number of ether oxygens (including phenoxy) is 1. The van der Waals surface area contributed by atoms with Crippen LogP contribution in [-0.2, 0) is 26.0 Å². The molecule has 0 amide bonds. The molecule has 0 fully saturated rings. The van der Waals surface area contributed by atoms with E-state index in [0.717, 1.165) is 0 Å². The summed E-state index contributed by atoms with van der Waals surface area (Å²) >= 11 is 0. The second-order valence-electron chi connectivity index (χ2n) is 3.73. The molecule has 0 saturated carbocycles. The zero-order chi connectivity index (χ0) is 14.1. The summed E-state index contributed by atoms with van der Waals surface area (Å²) in [5.41, 5.74) is 0.704. The van der Waals surface area contributed by atoms with Gasteiger partial charge in [-0.05, 0) is 12.1 Å². The Bertz CT molecular complexity index is 489. The minimum atomic E-state index is -3.40. The highest BCUT2D eigenvalue weighted by Crippen LogP contribution is 1.97. The quantitative estimate of drug-likeness (QED) is 0.601. The molecule has 106 valence electrons. The fourth-order valence-corrected chi connectivity index (χ4v) is 2.30. The third-order valence-electron chi connectivity index (χ3n) is 2.15. The first-order valence-electron chi connectivity index (χ1n) is 5.66. The molecular formula is C11H16N2O5S. The molecular weight excluding hydrogens is 272 g/mol. The number of rotatable bonds is 9. The van der Waals surface area contributed by atoms with E-state index >= 15 is 0 Å². The Morgan fingerprint density at radius 1 is 1.42 bits per heavy atom. The molecule has 1 rings (SSSR count). The van der Waals surface area contributed by atoms with Crippen LogP contribution in [0.25, 0.3) is 0 Å². The van der Waals surface area contributed by atoms with E-state index in [1.54, 1.807) is 24.4 Å². The Morgan fingerprint density at radius 3 is 2.84 bits per heavy atom. The summed E-state index contributed by atoms with van der Waals surface area (Å²) in [5.74, 6) is -1.15. The summed E-state index contributed by atoms with van der Waals surface area (Å²) in [4.78, 5) is 14.2. The molecule has 0 spiro atoms. The van der Waals surface area contributed by atoms with Gasteiger partial charge in [0.25, 0.3) is 0 Å². The molecule has 2 N–H and O–H groups in total. The molecule has 0 unspecified atom stereocenters. The maximum Gasteiger partial charge on any atom is 0.329 e. The molecule has 1 aromatic heterocycles. The molecule has 0 saturated heterocycles. The summed E-state index contributed by atoms with van der Waals surface area (Å²) in [6.07, 6.45) is 1.93. The van der Waals surface area contributed by atoms with E-state index in [2.05, 4.69) is 9.71 Å². The van der Waals surface area contributed by atoms with E-state index in [4.69, 9.17) is 9.84 Å². The first-order valence-corrected chi connectivity index (χ1v) is 7.31. The fourth-order valence-electron chi connectivity index (χ4n) is 1.29. The molecule has 1 aromatic rings. The van der Waals surface area contributed by atoms with Crippen molar-refractivity contribution in [3.63, 3.8) is 0 Å². The molecule has 0 aliphatic rings. The number of carbonyl (C=O) groups is 1. The molecule has 8 heteroatoms.